The summed E-state index contributed by atoms with van der Waals surface area (Å²) in [5.41, 5.74) is 4.20. The Balaban J connectivity index is 2.86. The molecule has 0 aliphatic heterocycles. The van der Waals surface area contributed by atoms with Crippen molar-refractivity contribution in [3.63, 3.8) is 0 Å². The second-order valence-electron chi connectivity index (χ2n) is 4.16. The number of pyridine rings is 1. The highest BCUT2D eigenvalue weighted by atomic mass is 14.9. The Labute approximate surface area is 96.7 Å². The minimum Gasteiger partial charge on any atom is -0.373 e. The topological polar surface area (TPSA) is 24.9 Å². The van der Waals surface area contributed by atoms with Crippen LogP contribution in [0.1, 0.15) is 23.6 Å². The first kappa shape index (κ1) is 10.9. The van der Waals surface area contributed by atoms with Crippen molar-refractivity contribution in [2.45, 2.75) is 27.2 Å². The van der Waals surface area contributed by atoms with E-state index < -0.39 is 0 Å². The molecule has 1 N–H and O–H groups in total. The van der Waals surface area contributed by atoms with Crippen molar-refractivity contribution in [1.29, 1.82) is 0 Å². The van der Waals surface area contributed by atoms with Crippen LogP contribution in [0.2, 0.25) is 0 Å². The summed E-state index contributed by atoms with van der Waals surface area (Å²) in [5, 5.41) is 5.68. The van der Waals surface area contributed by atoms with Crippen LogP contribution in [-0.4, -0.2) is 12.0 Å². The van der Waals surface area contributed by atoms with Gasteiger partial charge in [0.25, 0.3) is 0 Å². The predicted molar refractivity (Wildman–Crippen MR) is 70.1 cm³/mol. The molecule has 2 heteroatoms. The summed E-state index contributed by atoms with van der Waals surface area (Å²) in [5.74, 6) is 0.964. The van der Waals surface area contributed by atoms with Gasteiger partial charge in [-0.3, -0.25) is 0 Å². The molecule has 0 fully saturated rings. The maximum Gasteiger partial charge on any atom is 0.133 e. The van der Waals surface area contributed by atoms with E-state index >= 15 is 0 Å². The van der Waals surface area contributed by atoms with Gasteiger partial charge < -0.3 is 5.32 Å². The van der Waals surface area contributed by atoms with Crippen molar-refractivity contribution in [2.75, 3.05) is 12.4 Å². The van der Waals surface area contributed by atoms with E-state index in [0.29, 0.717) is 0 Å². The van der Waals surface area contributed by atoms with Crippen molar-refractivity contribution in [3.05, 3.63) is 35.0 Å². The number of nitrogens with zero attached hydrogens (tertiary/aromatic N) is 1. The third kappa shape index (κ3) is 1.54. The summed E-state index contributed by atoms with van der Waals surface area (Å²) in [6.07, 6.45) is 2.96. The van der Waals surface area contributed by atoms with Gasteiger partial charge >= 0.3 is 0 Å². The predicted octanol–water partition coefficient (Wildman–Crippen LogP) is 3.46. The zero-order valence-corrected chi connectivity index (χ0v) is 10.4. The fourth-order valence-electron chi connectivity index (χ4n) is 2.45. The number of rotatable bonds is 2. The Morgan fingerprint density at radius 2 is 2.00 bits per heavy atom. The zero-order valence-electron chi connectivity index (χ0n) is 10.4. The molecule has 0 atom stereocenters. The van der Waals surface area contributed by atoms with Crippen molar-refractivity contribution in [2.24, 2.45) is 0 Å². The van der Waals surface area contributed by atoms with Crippen molar-refractivity contribution >= 4 is 16.6 Å². The molecule has 16 heavy (non-hydrogen) atoms. The maximum atomic E-state index is 4.35. The highest BCUT2D eigenvalue weighted by Crippen LogP contribution is 2.28. The van der Waals surface area contributed by atoms with E-state index in [4.69, 9.17) is 0 Å². The van der Waals surface area contributed by atoms with E-state index in [1.807, 2.05) is 13.2 Å². The molecule has 2 rings (SSSR count). The van der Waals surface area contributed by atoms with Gasteiger partial charge in [-0.05, 0) is 54.5 Å². The minimum atomic E-state index is 0.964. The lowest BCUT2D eigenvalue weighted by molar-refractivity contribution is 1.09. The molecular formula is C14H18N2. The average Bonchev–Trinajstić information content (AvgIpc) is 2.29. The second kappa shape index (κ2) is 4.12. The lowest BCUT2D eigenvalue weighted by Crippen LogP contribution is -1.98. The van der Waals surface area contributed by atoms with Crippen LogP contribution in [0.4, 0.5) is 5.82 Å². The van der Waals surface area contributed by atoms with Crippen LogP contribution in [0.5, 0.6) is 0 Å². The molecule has 0 radical (unpaired) electrons. The van der Waals surface area contributed by atoms with Crippen LogP contribution in [0.25, 0.3) is 10.8 Å². The standard InChI is InChI=1S/C14H18N2/c1-5-11-9(2)8-13-12(10(11)3)6-7-16-14(13)15-4/h6-8H,5H2,1-4H3,(H,15,16). The number of aryl methyl sites for hydroxylation is 2. The van der Waals surface area contributed by atoms with Gasteiger partial charge in [0.1, 0.15) is 5.82 Å². The molecule has 0 saturated carbocycles. The van der Waals surface area contributed by atoms with Crippen molar-refractivity contribution in [3.8, 4) is 0 Å². The van der Waals surface area contributed by atoms with Gasteiger partial charge in [0.05, 0.1) is 0 Å². The Bertz CT molecular complexity index is 530. The number of fused-ring (bicyclic) bond motifs is 1. The molecule has 1 heterocycles. The van der Waals surface area contributed by atoms with Gasteiger partial charge in [-0.1, -0.05) is 6.92 Å². The van der Waals surface area contributed by atoms with Gasteiger partial charge in [-0.25, -0.2) is 4.98 Å². The van der Waals surface area contributed by atoms with Gasteiger partial charge in [0.2, 0.25) is 0 Å². The number of hydrogen-bond donors (Lipinski definition) is 1. The van der Waals surface area contributed by atoms with Gasteiger partial charge in [-0.2, -0.15) is 0 Å². The van der Waals surface area contributed by atoms with E-state index in [0.717, 1.165) is 12.2 Å². The van der Waals surface area contributed by atoms with E-state index in [1.54, 1.807) is 0 Å². The average molecular weight is 214 g/mol. The van der Waals surface area contributed by atoms with E-state index in [1.165, 1.54) is 27.5 Å². The largest absolute Gasteiger partial charge is 0.373 e. The summed E-state index contributed by atoms with van der Waals surface area (Å²) in [4.78, 5) is 4.35. The SMILES string of the molecule is CCc1c(C)cc2c(NC)nccc2c1C. The van der Waals surface area contributed by atoms with Crippen LogP contribution >= 0.6 is 0 Å². The number of aromatic nitrogens is 1. The third-order valence-electron chi connectivity index (χ3n) is 3.27. The molecule has 0 aliphatic carbocycles. The number of anilines is 1. The summed E-state index contributed by atoms with van der Waals surface area (Å²) in [6.45, 7) is 6.59. The summed E-state index contributed by atoms with van der Waals surface area (Å²) < 4.78 is 0. The van der Waals surface area contributed by atoms with E-state index in [2.05, 4.69) is 43.2 Å². The second-order valence-corrected chi connectivity index (χ2v) is 4.16. The zero-order chi connectivity index (χ0) is 11.7. The minimum absolute atomic E-state index is 0.964. The number of nitrogens with one attached hydrogen (secondary N) is 1. The van der Waals surface area contributed by atoms with Crippen LogP contribution in [0, 0.1) is 13.8 Å². The Kier molecular flexibility index (Phi) is 2.82. The van der Waals surface area contributed by atoms with E-state index in [-0.39, 0.29) is 0 Å². The maximum absolute atomic E-state index is 4.35. The molecule has 0 unspecified atom stereocenters. The molecule has 0 amide bonds. The first-order valence-corrected chi connectivity index (χ1v) is 5.74. The molecule has 0 saturated heterocycles. The van der Waals surface area contributed by atoms with Gasteiger partial charge in [0.15, 0.2) is 0 Å². The van der Waals surface area contributed by atoms with Crippen molar-refractivity contribution in [1.82, 2.24) is 4.98 Å². The molecule has 2 nitrogen and oxygen atoms in total. The Morgan fingerprint density at radius 1 is 1.25 bits per heavy atom. The van der Waals surface area contributed by atoms with Gasteiger partial charge in [-0.15, -0.1) is 0 Å². The quantitative estimate of drug-likeness (QED) is 0.828. The van der Waals surface area contributed by atoms with Crippen LogP contribution in [0.15, 0.2) is 18.3 Å². The van der Waals surface area contributed by atoms with Crippen molar-refractivity contribution < 1.29 is 0 Å². The summed E-state index contributed by atoms with van der Waals surface area (Å²) in [6, 6.07) is 4.34. The smallest absolute Gasteiger partial charge is 0.133 e. The monoisotopic (exact) mass is 214 g/mol. The molecule has 0 aliphatic rings. The summed E-state index contributed by atoms with van der Waals surface area (Å²) >= 11 is 0. The van der Waals surface area contributed by atoms with Gasteiger partial charge in [0, 0.05) is 18.6 Å². The van der Waals surface area contributed by atoms with Crippen LogP contribution < -0.4 is 5.32 Å². The lowest BCUT2D eigenvalue weighted by Gasteiger charge is -2.13. The molecule has 1 aromatic heterocycles. The molecule has 1 aromatic carbocycles. The highest BCUT2D eigenvalue weighted by Gasteiger charge is 2.08. The first-order chi connectivity index (χ1) is 7.69. The molecule has 0 bridgehead atoms. The summed E-state index contributed by atoms with van der Waals surface area (Å²) in [7, 11) is 1.92. The normalized spacial score (nSPS) is 10.8. The Hall–Kier alpha value is -1.57. The molecule has 84 valence electrons. The Morgan fingerprint density at radius 3 is 2.62 bits per heavy atom. The molecule has 0 spiro atoms. The molecular weight excluding hydrogens is 196 g/mol. The number of hydrogen-bond acceptors (Lipinski definition) is 2. The van der Waals surface area contributed by atoms with Crippen LogP contribution in [-0.2, 0) is 6.42 Å². The highest BCUT2D eigenvalue weighted by molar-refractivity contribution is 5.95. The fraction of sp³-hybridized carbons (Fsp3) is 0.357. The lowest BCUT2D eigenvalue weighted by atomic mass is 9.95. The number of benzene rings is 1. The molecule has 2 aromatic rings. The van der Waals surface area contributed by atoms with Crippen LogP contribution in [0.3, 0.4) is 0 Å². The third-order valence-corrected chi connectivity index (χ3v) is 3.27. The van der Waals surface area contributed by atoms with E-state index in [9.17, 15) is 0 Å². The first-order valence-electron chi connectivity index (χ1n) is 5.74. The fourth-order valence-corrected chi connectivity index (χ4v) is 2.45.